The molecule has 0 aromatic heterocycles. The normalized spacial score (nSPS) is 19.4. The minimum Gasteiger partial charge on any atom is -0.348 e. The lowest BCUT2D eigenvalue weighted by molar-refractivity contribution is -0.118. The lowest BCUT2D eigenvalue weighted by Gasteiger charge is -2.08. The maximum Gasteiger partial charge on any atom is 0.251 e. The number of rotatable bonds is 6. The van der Waals surface area contributed by atoms with E-state index in [0.717, 1.165) is 5.56 Å². The summed E-state index contributed by atoms with van der Waals surface area (Å²) in [4.78, 5) is 24.9. The van der Waals surface area contributed by atoms with Crippen molar-refractivity contribution < 1.29 is 9.59 Å². The smallest absolute Gasteiger partial charge is 0.251 e. The van der Waals surface area contributed by atoms with Crippen LogP contribution in [0.3, 0.4) is 0 Å². The minimum atomic E-state index is -0.131. The van der Waals surface area contributed by atoms with Gasteiger partial charge in [-0.25, -0.2) is 0 Å². The van der Waals surface area contributed by atoms with Crippen LogP contribution in [0.15, 0.2) is 66.2 Å². The first-order valence-electron chi connectivity index (χ1n) is 9.67. The van der Waals surface area contributed by atoms with Crippen LogP contribution in [0, 0.1) is 17.3 Å². The van der Waals surface area contributed by atoms with Crippen LogP contribution in [0.25, 0.3) is 0 Å². The summed E-state index contributed by atoms with van der Waals surface area (Å²) in [6.07, 6.45) is 2.18. The van der Waals surface area contributed by atoms with E-state index >= 15 is 0 Å². The highest BCUT2D eigenvalue weighted by Crippen LogP contribution is 2.59. The Balaban J connectivity index is 1.56. The third-order valence-corrected chi connectivity index (χ3v) is 5.42. The third kappa shape index (κ3) is 4.50. The highest BCUT2D eigenvalue weighted by Gasteiger charge is 2.60. The molecule has 0 heterocycles. The Hall–Kier alpha value is -2.88. The summed E-state index contributed by atoms with van der Waals surface area (Å²) >= 11 is 0. The molecular formula is C24H28N2O2. The number of carbonyl (C=O) groups is 2. The van der Waals surface area contributed by atoms with E-state index in [-0.39, 0.29) is 29.1 Å². The number of anilines is 1. The number of hydrogen-bond donors (Lipinski definition) is 2. The Labute approximate surface area is 167 Å². The van der Waals surface area contributed by atoms with Gasteiger partial charge in [-0.15, -0.1) is 0 Å². The van der Waals surface area contributed by atoms with Crippen molar-refractivity contribution in [3.05, 3.63) is 77.4 Å². The number of allylic oxidation sites excluding steroid dienone is 2. The highest BCUT2D eigenvalue weighted by atomic mass is 16.2. The van der Waals surface area contributed by atoms with Crippen molar-refractivity contribution in [1.82, 2.24) is 5.32 Å². The van der Waals surface area contributed by atoms with Gasteiger partial charge in [-0.3, -0.25) is 9.59 Å². The zero-order chi connectivity index (χ0) is 20.3. The Morgan fingerprint density at radius 1 is 1.00 bits per heavy atom. The molecule has 2 N–H and O–H groups in total. The predicted molar refractivity (Wildman–Crippen MR) is 113 cm³/mol. The van der Waals surface area contributed by atoms with Gasteiger partial charge in [0, 0.05) is 17.8 Å². The van der Waals surface area contributed by atoms with Crippen LogP contribution in [0.2, 0.25) is 0 Å². The molecule has 28 heavy (non-hydrogen) atoms. The van der Waals surface area contributed by atoms with Crippen molar-refractivity contribution in [1.29, 1.82) is 0 Å². The van der Waals surface area contributed by atoms with Gasteiger partial charge in [-0.05, 0) is 55.0 Å². The molecule has 2 aromatic carbocycles. The molecule has 0 unspecified atom stereocenters. The Morgan fingerprint density at radius 3 is 2.25 bits per heavy atom. The highest BCUT2D eigenvalue weighted by molar-refractivity contribution is 5.97. The Kier molecular flexibility index (Phi) is 5.68. The summed E-state index contributed by atoms with van der Waals surface area (Å²) in [5.74, 6) is 0.166. The average Bonchev–Trinajstić information content (AvgIpc) is 3.20. The maximum atomic E-state index is 12.6. The second-order valence-corrected chi connectivity index (χ2v) is 8.30. The summed E-state index contributed by atoms with van der Waals surface area (Å²) in [6, 6.07) is 16.8. The molecule has 146 valence electrons. The van der Waals surface area contributed by atoms with E-state index in [9.17, 15) is 9.59 Å². The first-order valence-corrected chi connectivity index (χ1v) is 9.67. The number of benzene rings is 2. The van der Waals surface area contributed by atoms with E-state index in [1.807, 2.05) is 30.3 Å². The molecule has 1 aliphatic carbocycles. The number of nitrogens with one attached hydrogen (secondary N) is 2. The molecule has 2 amide bonds. The molecule has 0 bridgehead atoms. The molecule has 0 radical (unpaired) electrons. The number of amides is 2. The van der Waals surface area contributed by atoms with Crippen LogP contribution in [-0.2, 0) is 11.3 Å². The average molecular weight is 377 g/mol. The van der Waals surface area contributed by atoms with Gasteiger partial charge in [0.1, 0.15) is 0 Å². The quantitative estimate of drug-likeness (QED) is 0.712. The zero-order valence-corrected chi connectivity index (χ0v) is 17.0. The van der Waals surface area contributed by atoms with Gasteiger partial charge in [0.05, 0.1) is 5.92 Å². The van der Waals surface area contributed by atoms with E-state index in [0.29, 0.717) is 17.8 Å². The number of hydrogen-bond acceptors (Lipinski definition) is 2. The summed E-state index contributed by atoms with van der Waals surface area (Å²) in [6.45, 7) is 8.86. The molecule has 3 rings (SSSR count). The fourth-order valence-electron chi connectivity index (χ4n) is 3.65. The topological polar surface area (TPSA) is 58.2 Å². The first kappa shape index (κ1) is 19.9. The van der Waals surface area contributed by atoms with Crippen molar-refractivity contribution in [2.24, 2.45) is 17.3 Å². The van der Waals surface area contributed by atoms with Crippen LogP contribution < -0.4 is 10.6 Å². The van der Waals surface area contributed by atoms with Gasteiger partial charge in [0.25, 0.3) is 5.91 Å². The summed E-state index contributed by atoms with van der Waals surface area (Å²) < 4.78 is 0. The molecular weight excluding hydrogens is 348 g/mol. The van der Waals surface area contributed by atoms with E-state index in [1.165, 1.54) is 5.57 Å². The first-order chi connectivity index (χ1) is 13.3. The standard InChI is InChI=1S/C24H28N2O2/c1-16(2)14-20-21(24(20,3)4)23(28)26-19-12-10-18(11-13-19)22(27)25-15-17-8-6-5-7-9-17/h5-14,20-21H,15H2,1-4H3,(H,25,27)(H,26,28)/t20-,21+/m0/s1. The van der Waals surface area contributed by atoms with Crippen LogP contribution in [-0.4, -0.2) is 11.8 Å². The Bertz CT molecular complexity index is 879. The van der Waals surface area contributed by atoms with Crippen LogP contribution >= 0.6 is 0 Å². The second kappa shape index (κ2) is 8.01. The molecule has 4 heteroatoms. The lowest BCUT2D eigenvalue weighted by Crippen LogP contribution is -2.22. The summed E-state index contributed by atoms with van der Waals surface area (Å²) in [5, 5.41) is 5.89. The molecule has 4 nitrogen and oxygen atoms in total. The summed E-state index contributed by atoms with van der Waals surface area (Å²) in [7, 11) is 0. The lowest BCUT2D eigenvalue weighted by atomic mass is 10.1. The van der Waals surface area contributed by atoms with Gasteiger partial charge in [-0.1, -0.05) is 55.8 Å². The SMILES string of the molecule is CC(C)=C[C@H]1[C@H](C(=O)Nc2ccc(C(=O)NCc3ccccc3)cc2)C1(C)C. The fourth-order valence-corrected chi connectivity index (χ4v) is 3.65. The van der Waals surface area contributed by atoms with Gasteiger partial charge < -0.3 is 10.6 Å². The molecule has 1 fully saturated rings. The Morgan fingerprint density at radius 2 is 1.64 bits per heavy atom. The second-order valence-electron chi connectivity index (χ2n) is 8.30. The summed E-state index contributed by atoms with van der Waals surface area (Å²) in [5.41, 5.74) is 3.56. The van der Waals surface area contributed by atoms with Gasteiger partial charge in [-0.2, -0.15) is 0 Å². The van der Waals surface area contributed by atoms with Crippen molar-refractivity contribution in [3.63, 3.8) is 0 Å². The molecule has 1 aliphatic rings. The van der Waals surface area contributed by atoms with E-state index in [1.54, 1.807) is 24.3 Å². The molecule has 0 spiro atoms. The van der Waals surface area contributed by atoms with Gasteiger partial charge >= 0.3 is 0 Å². The maximum absolute atomic E-state index is 12.6. The molecule has 0 aliphatic heterocycles. The fraction of sp³-hybridized carbons (Fsp3) is 0.333. The van der Waals surface area contributed by atoms with E-state index < -0.39 is 0 Å². The number of carbonyl (C=O) groups excluding carboxylic acids is 2. The molecule has 2 aromatic rings. The molecule has 1 saturated carbocycles. The van der Waals surface area contributed by atoms with E-state index in [2.05, 4.69) is 44.4 Å². The van der Waals surface area contributed by atoms with Crippen molar-refractivity contribution in [3.8, 4) is 0 Å². The largest absolute Gasteiger partial charge is 0.348 e. The molecule has 0 saturated heterocycles. The van der Waals surface area contributed by atoms with Crippen LogP contribution in [0.4, 0.5) is 5.69 Å². The van der Waals surface area contributed by atoms with Gasteiger partial charge in [0.2, 0.25) is 5.91 Å². The van der Waals surface area contributed by atoms with E-state index in [4.69, 9.17) is 0 Å². The monoisotopic (exact) mass is 376 g/mol. The van der Waals surface area contributed by atoms with Crippen molar-refractivity contribution >= 4 is 17.5 Å². The third-order valence-electron chi connectivity index (χ3n) is 5.42. The predicted octanol–water partition coefficient (Wildman–Crippen LogP) is 4.79. The zero-order valence-electron chi connectivity index (χ0n) is 17.0. The van der Waals surface area contributed by atoms with Crippen LogP contribution in [0.1, 0.15) is 43.6 Å². The van der Waals surface area contributed by atoms with Crippen LogP contribution in [0.5, 0.6) is 0 Å². The minimum absolute atomic E-state index is 0.0153. The molecule has 2 atom stereocenters. The van der Waals surface area contributed by atoms with Crippen molar-refractivity contribution in [2.45, 2.75) is 34.2 Å². The van der Waals surface area contributed by atoms with Gasteiger partial charge in [0.15, 0.2) is 0 Å². The van der Waals surface area contributed by atoms with Crippen molar-refractivity contribution in [2.75, 3.05) is 5.32 Å².